The summed E-state index contributed by atoms with van der Waals surface area (Å²) < 4.78 is 79.5. The van der Waals surface area contributed by atoms with Crippen molar-refractivity contribution in [3.63, 3.8) is 0 Å². The Morgan fingerprint density at radius 3 is 2.05 bits per heavy atom. The topological polar surface area (TPSA) is 30.5 Å². The largest absolute Gasteiger partial charge is 0.573 e. The van der Waals surface area contributed by atoms with Gasteiger partial charge >= 0.3 is 12.7 Å². The van der Waals surface area contributed by atoms with E-state index < -0.39 is 24.2 Å². The van der Waals surface area contributed by atoms with Crippen LogP contribution in [-0.4, -0.2) is 19.8 Å². The second-order valence-electron chi connectivity index (χ2n) is 3.40. The molecule has 0 heterocycles. The number of ether oxygens (including phenoxy) is 2. The zero-order valence-corrected chi connectivity index (χ0v) is 9.52. The summed E-state index contributed by atoms with van der Waals surface area (Å²) in [6.07, 6.45) is -9.84. The standard InChI is InChI=1S/C10H9F6NO2/c1-17-5-6-4-7(18-9(11,12)13)2-3-8(6)19-10(14,15)16/h2-4,17H,5H2,1H3. The van der Waals surface area contributed by atoms with E-state index in [1.807, 2.05) is 0 Å². The Bertz CT molecular complexity index is 429. The highest BCUT2D eigenvalue weighted by Crippen LogP contribution is 2.31. The molecule has 108 valence electrons. The van der Waals surface area contributed by atoms with Crippen LogP contribution in [0.25, 0.3) is 0 Å². The van der Waals surface area contributed by atoms with Gasteiger partial charge in [0.2, 0.25) is 0 Å². The molecule has 3 nitrogen and oxygen atoms in total. The van der Waals surface area contributed by atoms with Crippen LogP contribution in [0.4, 0.5) is 26.3 Å². The lowest BCUT2D eigenvalue weighted by molar-refractivity contribution is -0.277. The van der Waals surface area contributed by atoms with Crippen LogP contribution in [0, 0.1) is 0 Å². The maximum Gasteiger partial charge on any atom is 0.573 e. The fraction of sp³-hybridized carbons (Fsp3) is 0.400. The molecule has 1 rings (SSSR count). The fourth-order valence-electron chi connectivity index (χ4n) is 1.31. The number of benzene rings is 1. The van der Waals surface area contributed by atoms with Crippen LogP contribution in [0.3, 0.4) is 0 Å². The summed E-state index contributed by atoms with van der Waals surface area (Å²) in [6, 6.07) is 2.33. The van der Waals surface area contributed by atoms with E-state index in [1.54, 1.807) is 0 Å². The van der Waals surface area contributed by atoms with Gasteiger partial charge in [-0.25, -0.2) is 0 Å². The molecule has 19 heavy (non-hydrogen) atoms. The van der Waals surface area contributed by atoms with Crippen LogP contribution >= 0.6 is 0 Å². The van der Waals surface area contributed by atoms with Crippen LogP contribution in [-0.2, 0) is 6.54 Å². The van der Waals surface area contributed by atoms with Crippen LogP contribution in [0.5, 0.6) is 11.5 Å². The Morgan fingerprint density at radius 2 is 1.58 bits per heavy atom. The molecular formula is C10H9F6NO2. The van der Waals surface area contributed by atoms with Crippen molar-refractivity contribution < 1.29 is 35.8 Å². The third-order valence-corrected chi connectivity index (χ3v) is 1.86. The van der Waals surface area contributed by atoms with Gasteiger partial charge in [-0.05, 0) is 25.2 Å². The summed E-state index contributed by atoms with van der Waals surface area (Å²) in [6.45, 7) is -0.111. The smallest absolute Gasteiger partial charge is 0.406 e. The molecule has 0 atom stereocenters. The Kier molecular flexibility index (Phi) is 4.51. The molecule has 1 aromatic rings. The van der Waals surface area contributed by atoms with Crippen LogP contribution in [0.2, 0.25) is 0 Å². The number of halogens is 6. The van der Waals surface area contributed by atoms with Gasteiger partial charge in [-0.3, -0.25) is 0 Å². The quantitative estimate of drug-likeness (QED) is 0.863. The molecule has 0 amide bonds. The van der Waals surface area contributed by atoms with Crippen molar-refractivity contribution in [3.8, 4) is 11.5 Å². The highest BCUT2D eigenvalue weighted by Gasteiger charge is 2.33. The summed E-state index contributed by atoms with van der Waals surface area (Å²) >= 11 is 0. The van der Waals surface area contributed by atoms with E-state index in [0.29, 0.717) is 0 Å². The van der Waals surface area contributed by atoms with Crippen molar-refractivity contribution in [1.82, 2.24) is 5.32 Å². The van der Waals surface area contributed by atoms with Gasteiger partial charge in [0.1, 0.15) is 11.5 Å². The molecule has 0 saturated carbocycles. The van der Waals surface area contributed by atoms with Gasteiger partial charge in [0.15, 0.2) is 0 Å². The lowest BCUT2D eigenvalue weighted by Crippen LogP contribution is -2.20. The first-order valence-electron chi connectivity index (χ1n) is 4.90. The molecule has 1 aromatic carbocycles. The van der Waals surface area contributed by atoms with E-state index in [-0.39, 0.29) is 12.1 Å². The van der Waals surface area contributed by atoms with Gasteiger partial charge < -0.3 is 14.8 Å². The van der Waals surface area contributed by atoms with Gasteiger partial charge in [-0.15, -0.1) is 26.3 Å². The molecule has 0 spiro atoms. The second-order valence-corrected chi connectivity index (χ2v) is 3.40. The number of alkyl halides is 6. The van der Waals surface area contributed by atoms with E-state index in [0.717, 1.165) is 18.2 Å². The van der Waals surface area contributed by atoms with Gasteiger partial charge in [-0.2, -0.15) is 0 Å². The molecule has 0 fully saturated rings. The Hall–Kier alpha value is -1.64. The second kappa shape index (κ2) is 5.55. The van der Waals surface area contributed by atoms with Crippen molar-refractivity contribution in [2.45, 2.75) is 19.3 Å². The van der Waals surface area contributed by atoms with Crippen molar-refractivity contribution in [2.75, 3.05) is 7.05 Å². The highest BCUT2D eigenvalue weighted by atomic mass is 19.4. The van der Waals surface area contributed by atoms with Crippen molar-refractivity contribution in [2.24, 2.45) is 0 Å². The molecule has 1 N–H and O–H groups in total. The number of nitrogens with one attached hydrogen (secondary N) is 1. The maximum absolute atomic E-state index is 12.1. The van der Waals surface area contributed by atoms with E-state index in [1.165, 1.54) is 7.05 Å². The predicted octanol–water partition coefficient (Wildman–Crippen LogP) is 3.20. The van der Waals surface area contributed by atoms with Gasteiger partial charge in [0, 0.05) is 12.1 Å². The molecule has 0 bridgehead atoms. The molecule has 0 aliphatic heterocycles. The average molecular weight is 289 g/mol. The van der Waals surface area contributed by atoms with Crippen LogP contribution < -0.4 is 14.8 Å². The van der Waals surface area contributed by atoms with Crippen molar-refractivity contribution in [1.29, 1.82) is 0 Å². The minimum absolute atomic E-state index is 0.110. The molecule has 0 unspecified atom stereocenters. The SMILES string of the molecule is CNCc1cc(OC(F)(F)F)ccc1OC(F)(F)F. The monoisotopic (exact) mass is 289 g/mol. The summed E-state index contributed by atoms with van der Waals surface area (Å²) in [4.78, 5) is 0. The van der Waals surface area contributed by atoms with E-state index in [9.17, 15) is 26.3 Å². The van der Waals surface area contributed by atoms with E-state index >= 15 is 0 Å². The minimum atomic E-state index is -4.92. The first-order valence-corrected chi connectivity index (χ1v) is 4.90. The lowest BCUT2D eigenvalue weighted by Gasteiger charge is -2.15. The number of hydrogen-bond acceptors (Lipinski definition) is 3. The average Bonchev–Trinajstić information content (AvgIpc) is 2.18. The number of hydrogen-bond donors (Lipinski definition) is 1. The van der Waals surface area contributed by atoms with Crippen LogP contribution in [0.1, 0.15) is 5.56 Å². The minimum Gasteiger partial charge on any atom is -0.406 e. The molecule has 9 heteroatoms. The van der Waals surface area contributed by atoms with Crippen molar-refractivity contribution >= 4 is 0 Å². The molecular weight excluding hydrogens is 280 g/mol. The third kappa shape index (κ3) is 5.69. The summed E-state index contributed by atoms with van der Waals surface area (Å²) in [7, 11) is 1.43. The lowest BCUT2D eigenvalue weighted by atomic mass is 10.2. The molecule has 0 aliphatic carbocycles. The zero-order chi connectivity index (χ0) is 14.7. The molecule has 0 aliphatic rings. The number of rotatable bonds is 4. The molecule has 0 radical (unpaired) electrons. The summed E-state index contributed by atoms with van der Waals surface area (Å²) in [5.74, 6) is -1.20. The van der Waals surface area contributed by atoms with E-state index in [2.05, 4.69) is 14.8 Å². The van der Waals surface area contributed by atoms with Gasteiger partial charge in [-0.1, -0.05) is 0 Å². The zero-order valence-electron chi connectivity index (χ0n) is 9.52. The van der Waals surface area contributed by atoms with Gasteiger partial charge in [0.05, 0.1) is 0 Å². The fourth-order valence-corrected chi connectivity index (χ4v) is 1.31. The summed E-state index contributed by atoms with van der Waals surface area (Å²) in [5, 5.41) is 2.52. The molecule has 0 saturated heterocycles. The maximum atomic E-state index is 12.1. The highest BCUT2D eigenvalue weighted by molar-refractivity contribution is 5.40. The Morgan fingerprint density at radius 1 is 1.00 bits per heavy atom. The first-order chi connectivity index (χ1) is 8.61. The van der Waals surface area contributed by atoms with Crippen molar-refractivity contribution in [3.05, 3.63) is 23.8 Å². The first kappa shape index (κ1) is 15.4. The Labute approximate surface area is 104 Å². The predicted molar refractivity (Wildman–Crippen MR) is 52.6 cm³/mol. The molecule has 0 aromatic heterocycles. The third-order valence-electron chi connectivity index (χ3n) is 1.86. The van der Waals surface area contributed by atoms with E-state index in [4.69, 9.17) is 0 Å². The van der Waals surface area contributed by atoms with Gasteiger partial charge in [0.25, 0.3) is 0 Å². The normalized spacial score (nSPS) is 12.4. The summed E-state index contributed by atoms with van der Waals surface area (Å²) in [5.41, 5.74) is -0.110. The Balaban J connectivity index is 3.00. The van der Waals surface area contributed by atoms with Crippen LogP contribution in [0.15, 0.2) is 18.2 Å².